The second-order valence-electron chi connectivity index (χ2n) is 6.78. The monoisotopic (exact) mass is 391 g/mol. The Kier molecular flexibility index (Phi) is 6.17. The predicted octanol–water partition coefficient (Wildman–Crippen LogP) is 4.01. The Balaban J connectivity index is 1.74. The van der Waals surface area contributed by atoms with E-state index in [0.29, 0.717) is 10.6 Å². The van der Waals surface area contributed by atoms with Crippen molar-refractivity contribution in [1.82, 2.24) is 5.32 Å². The normalized spacial score (nSPS) is 16.3. The predicted molar refractivity (Wildman–Crippen MR) is 112 cm³/mol. The average molecular weight is 391 g/mol. The zero-order chi connectivity index (χ0) is 20.1. The summed E-state index contributed by atoms with van der Waals surface area (Å²) in [5.41, 5.74) is 4.31. The van der Waals surface area contributed by atoms with Gasteiger partial charge in [0.15, 0.2) is 0 Å². The van der Waals surface area contributed by atoms with Gasteiger partial charge in [-0.2, -0.15) is 5.26 Å². The van der Waals surface area contributed by atoms with Crippen molar-refractivity contribution >= 4 is 29.3 Å². The number of anilines is 1. The molecule has 142 valence electrons. The van der Waals surface area contributed by atoms with Gasteiger partial charge in [-0.05, 0) is 42.7 Å². The number of nitriles is 1. The first-order valence-electron chi connectivity index (χ1n) is 8.96. The highest BCUT2D eigenvalue weighted by molar-refractivity contribution is 8.03. The molecule has 0 aliphatic carbocycles. The number of aryl methyl sites for hydroxylation is 2. The van der Waals surface area contributed by atoms with Gasteiger partial charge < -0.3 is 10.6 Å². The lowest BCUT2D eigenvalue weighted by Gasteiger charge is -2.25. The Morgan fingerprint density at radius 3 is 2.54 bits per heavy atom. The molecule has 2 aromatic carbocycles. The van der Waals surface area contributed by atoms with Crippen LogP contribution in [0.5, 0.6) is 0 Å². The Labute approximate surface area is 168 Å². The third-order valence-electron chi connectivity index (χ3n) is 4.41. The van der Waals surface area contributed by atoms with E-state index in [1.54, 1.807) is 0 Å². The average Bonchev–Trinajstić information content (AvgIpc) is 2.65. The third kappa shape index (κ3) is 4.81. The highest BCUT2D eigenvalue weighted by Crippen LogP contribution is 2.35. The summed E-state index contributed by atoms with van der Waals surface area (Å²) in [4.78, 5) is 24.5. The Bertz CT molecular complexity index is 957. The fourth-order valence-electron chi connectivity index (χ4n) is 3.28. The fourth-order valence-corrected chi connectivity index (χ4v) is 4.16. The Morgan fingerprint density at radius 1 is 1.21 bits per heavy atom. The van der Waals surface area contributed by atoms with Crippen molar-refractivity contribution in [3.05, 3.63) is 75.8 Å². The van der Waals surface area contributed by atoms with E-state index < -0.39 is 0 Å². The van der Waals surface area contributed by atoms with Gasteiger partial charge >= 0.3 is 0 Å². The Hall–Kier alpha value is -3.04. The second-order valence-corrected chi connectivity index (χ2v) is 7.77. The topological polar surface area (TPSA) is 82.0 Å². The van der Waals surface area contributed by atoms with Gasteiger partial charge in [0, 0.05) is 18.0 Å². The van der Waals surface area contributed by atoms with Gasteiger partial charge in [0.25, 0.3) is 0 Å². The van der Waals surface area contributed by atoms with Crippen molar-refractivity contribution in [2.45, 2.75) is 26.2 Å². The SMILES string of the molecule is Cc1cc(C)cc(NC(=O)CSC2=C(C#N)[C@H](c3ccccc3)CC(=O)N2)c1. The summed E-state index contributed by atoms with van der Waals surface area (Å²) < 4.78 is 0. The molecule has 28 heavy (non-hydrogen) atoms. The summed E-state index contributed by atoms with van der Waals surface area (Å²) in [6, 6.07) is 17.6. The van der Waals surface area contributed by atoms with Crippen LogP contribution in [0.25, 0.3) is 0 Å². The number of rotatable bonds is 5. The first-order valence-corrected chi connectivity index (χ1v) is 9.95. The quantitative estimate of drug-likeness (QED) is 0.807. The highest BCUT2D eigenvalue weighted by atomic mass is 32.2. The smallest absolute Gasteiger partial charge is 0.234 e. The minimum absolute atomic E-state index is 0.106. The number of amides is 2. The summed E-state index contributed by atoms with van der Waals surface area (Å²) in [5, 5.41) is 15.8. The molecule has 1 aliphatic rings. The Morgan fingerprint density at radius 2 is 1.89 bits per heavy atom. The van der Waals surface area contributed by atoms with Crippen molar-refractivity contribution in [2.24, 2.45) is 0 Å². The molecule has 2 amide bonds. The molecule has 0 aromatic heterocycles. The summed E-state index contributed by atoms with van der Waals surface area (Å²) in [7, 11) is 0. The van der Waals surface area contributed by atoms with Crippen LogP contribution in [0, 0.1) is 25.2 Å². The number of hydrogen-bond donors (Lipinski definition) is 2. The van der Waals surface area contributed by atoms with Crippen LogP contribution in [0.15, 0.2) is 59.1 Å². The number of allylic oxidation sites excluding steroid dienone is 1. The van der Waals surface area contributed by atoms with Gasteiger partial charge in [0.2, 0.25) is 11.8 Å². The zero-order valence-electron chi connectivity index (χ0n) is 15.8. The summed E-state index contributed by atoms with van der Waals surface area (Å²) in [6.45, 7) is 3.95. The van der Waals surface area contributed by atoms with Crippen LogP contribution >= 0.6 is 11.8 Å². The minimum Gasteiger partial charge on any atom is -0.325 e. The maximum atomic E-state index is 12.4. The molecule has 6 heteroatoms. The number of nitrogens with one attached hydrogen (secondary N) is 2. The summed E-state index contributed by atoms with van der Waals surface area (Å²) in [5.74, 6) is -0.513. The lowest BCUT2D eigenvalue weighted by molar-refractivity contribution is -0.121. The van der Waals surface area contributed by atoms with Crippen LogP contribution in [0.1, 0.15) is 29.0 Å². The van der Waals surface area contributed by atoms with Crippen molar-refractivity contribution in [2.75, 3.05) is 11.1 Å². The first kappa shape index (κ1) is 19.7. The molecule has 5 nitrogen and oxygen atoms in total. The molecule has 0 bridgehead atoms. The van der Waals surface area contributed by atoms with Crippen LogP contribution in [-0.2, 0) is 9.59 Å². The molecular formula is C22H21N3O2S. The summed E-state index contributed by atoms with van der Waals surface area (Å²) >= 11 is 1.18. The van der Waals surface area contributed by atoms with E-state index in [1.165, 1.54) is 11.8 Å². The standard InChI is InChI=1S/C22H21N3O2S/c1-14-8-15(2)10-17(9-14)24-21(27)13-28-22-19(12-23)18(11-20(26)25-22)16-6-4-3-5-7-16/h3-10,18H,11,13H2,1-2H3,(H,24,27)(H,25,26)/t18-/m0/s1. The van der Waals surface area contributed by atoms with Gasteiger partial charge in [-0.1, -0.05) is 48.2 Å². The molecular weight excluding hydrogens is 370 g/mol. The van der Waals surface area contributed by atoms with Crippen LogP contribution in [0.2, 0.25) is 0 Å². The summed E-state index contributed by atoms with van der Waals surface area (Å²) in [6.07, 6.45) is 0.228. The number of hydrogen-bond acceptors (Lipinski definition) is 4. The van der Waals surface area contributed by atoms with Gasteiger partial charge in [0.1, 0.15) is 0 Å². The van der Waals surface area contributed by atoms with Crippen LogP contribution in [0.3, 0.4) is 0 Å². The van der Waals surface area contributed by atoms with Gasteiger partial charge in [-0.3, -0.25) is 9.59 Å². The molecule has 3 rings (SSSR count). The second kappa shape index (κ2) is 8.77. The molecule has 1 atom stereocenters. The lowest BCUT2D eigenvalue weighted by atomic mass is 9.87. The largest absolute Gasteiger partial charge is 0.325 e. The van der Waals surface area contributed by atoms with E-state index in [0.717, 1.165) is 22.4 Å². The minimum atomic E-state index is -0.287. The van der Waals surface area contributed by atoms with Gasteiger partial charge in [-0.25, -0.2) is 0 Å². The van der Waals surface area contributed by atoms with E-state index in [2.05, 4.69) is 16.7 Å². The van der Waals surface area contributed by atoms with Crippen molar-refractivity contribution < 1.29 is 9.59 Å². The number of nitrogens with zero attached hydrogens (tertiary/aromatic N) is 1. The first-order chi connectivity index (χ1) is 13.5. The van der Waals surface area contributed by atoms with Gasteiger partial charge in [-0.15, -0.1) is 0 Å². The molecule has 1 heterocycles. The van der Waals surface area contributed by atoms with E-state index in [-0.39, 0.29) is 29.9 Å². The maximum Gasteiger partial charge on any atom is 0.234 e. The lowest BCUT2D eigenvalue weighted by Crippen LogP contribution is -2.31. The number of carbonyl (C=O) groups excluding carboxylic acids is 2. The molecule has 2 aromatic rings. The van der Waals surface area contributed by atoms with E-state index in [9.17, 15) is 14.9 Å². The highest BCUT2D eigenvalue weighted by Gasteiger charge is 2.29. The van der Waals surface area contributed by atoms with E-state index in [1.807, 2.05) is 62.4 Å². The molecule has 0 radical (unpaired) electrons. The van der Waals surface area contributed by atoms with Crippen molar-refractivity contribution in [1.29, 1.82) is 5.26 Å². The molecule has 2 N–H and O–H groups in total. The molecule has 0 saturated carbocycles. The number of carbonyl (C=O) groups is 2. The number of benzene rings is 2. The fraction of sp³-hybridized carbons (Fsp3) is 0.227. The van der Waals surface area contributed by atoms with E-state index in [4.69, 9.17) is 0 Å². The van der Waals surface area contributed by atoms with Crippen molar-refractivity contribution in [3.63, 3.8) is 0 Å². The zero-order valence-corrected chi connectivity index (χ0v) is 16.6. The van der Waals surface area contributed by atoms with Crippen LogP contribution < -0.4 is 10.6 Å². The van der Waals surface area contributed by atoms with E-state index >= 15 is 0 Å². The number of thioether (sulfide) groups is 1. The van der Waals surface area contributed by atoms with Crippen molar-refractivity contribution in [3.8, 4) is 6.07 Å². The molecule has 0 saturated heterocycles. The van der Waals surface area contributed by atoms with Gasteiger partial charge in [0.05, 0.1) is 22.4 Å². The molecule has 0 spiro atoms. The molecule has 0 unspecified atom stereocenters. The maximum absolute atomic E-state index is 12.4. The van der Waals surface area contributed by atoms with Crippen LogP contribution in [-0.4, -0.2) is 17.6 Å². The third-order valence-corrected chi connectivity index (χ3v) is 5.43. The molecule has 1 aliphatic heterocycles. The van der Waals surface area contributed by atoms with Crippen LogP contribution in [0.4, 0.5) is 5.69 Å². The molecule has 0 fully saturated rings.